The molecule has 4 atom stereocenters. The number of rotatable bonds is 1. The topological polar surface area (TPSA) is 69.9 Å². The fraction of sp³-hybridized carbons (Fsp3) is 1.00. The van der Waals surface area contributed by atoms with Crippen molar-refractivity contribution in [1.29, 1.82) is 0 Å². The molecule has 0 bridgehead atoms. The Kier molecular flexibility index (Phi) is 3.51. The van der Waals surface area contributed by atoms with Crippen molar-refractivity contribution in [3.05, 3.63) is 0 Å². The molecule has 1 aliphatic rings. The van der Waals surface area contributed by atoms with Crippen molar-refractivity contribution >= 4 is 22.6 Å². The number of alkyl halides is 1. The van der Waals surface area contributed by atoms with Crippen LogP contribution in [-0.4, -0.2) is 44.3 Å². The van der Waals surface area contributed by atoms with Gasteiger partial charge in [-0.25, -0.2) is 0 Å². The second-order valence-electron chi connectivity index (χ2n) is 2.58. The number of hydrogen-bond acceptors (Lipinski definition) is 4. The maximum absolute atomic E-state index is 9.29. The van der Waals surface area contributed by atoms with E-state index >= 15 is 0 Å². The summed E-state index contributed by atoms with van der Waals surface area (Å²) in [7, 11) is 0. The van der Waals surface area contributed by atoms with Crippen molar-refractivity contribution in [3.63, 3.8) is 0 Å². The lowest BCUT2D eigenvalue weighted by Gasteiger charge is -2.33. The van der Waals surface area contributed by atoms with Gasteiger partial charge in [0.05, 0.1) is 22.7 Å². The molecule has 0 saturated carbocycles. The Morgan fingerprint density at radius 1 is 1.45 bits per heavy atom. The first-order chi connectivity index (χ1) is 5.15. The predicted molar refractivity (Wildman–Crippen MR) is 46.4 cm³/mol. The van der Waals surface area contributed by atoms with E-state index in [1.165, 1.54) is 0 Å². The van der Waals surface area contributed by atoms with Crippen LogP contribution in [0.4, 0.5) is 0 Å². The first-order valence-electron chi connectivity index (χ1n) is 3.41. The Labute approximate surface area is 78.3 Å². The highest BCUT2D eigenvalue weighted by atomic mass is 127. The minimum absolute atomic E-state index is 0.155. The molecule has 0 aromatic carbocycles. The minimum Gasteiger partial charge on any atom is -0.394 e. The third-order valence-electron chi connectivity index (χ3n) is 1.68. The van der Waals surface area contributed by atoms with Crippen molar-refractivity contribution in [1.82, 2.24) is 0 Å². The molecular weight excluding hydrogens is 263 g/mol. The monoisotopic (exact) mass is 274 g/mol. The molecule has 1 aliphatic heterocycles. The number of aliphatic hydroxyl groups is 3. The van der Waals surface area contributed by atoms with Crippen LogP contribution in [0.3, 0.4) is 0 Å². The Bertz CT molecular complexity index is 120. The van der Waals surface area contributed by atoms with Gasteiger partial charge in [-0.1, -0.05) is 22.6 Å². The van der Waals surface area contributed by atoms with Gasteiger partial charge in [-0.05, 0) is 0 Å². The van der Waals surface area contributed by atoms with Gasteiger partial charge >= 0.3 is 0 Å². The van der Waals surface area contributed by atoms with E-state index in [4.69, 9.17) is 14.9 Å². The van der Waals surface area contributed by atoms with E-state index < -0.39 is 18.5 Å². The molecule has 66 valence electrons. The Balaban J connectivity index is 2.47. The molecule has 5 heteroatoms. The van der Waals surface area contributed by atoms with Gasteiger partial charge in [0, 0.05) is 6.42 Å². The molecule has 1 heterocycles. The molecule has 1 rings (SSSR count). The number of aliphatic hydroxyl groups excluding tert-OH is 3. The van der Waals surface area contributed by atoms with E-state index in [2.05, 4.69) is 0 Å². The van der Waals surface area contributed by atoms with Gasteiger partial charge in [0.25, 0.3) is 0 Å². The smallest absolute Gasteiger partial charge is 0.169 e. The summed E-state index contributed by atoms with van der Waals surface area (Å²) in [5.74, 6) is 0. The molecule has 0 aromatic rings. The average molecular weight is 274 g/mol. The second-order valence-corrected chi connectivity index (χ2v) is 4.02. The molecule has 1 saturated heterocycles. The van der Waals surface area contributed by atoms with Crippen LogP contribution in [0, 0.1) is 0 Å². The first kappa shape index (κ1) is 9.66. The summed E-state index contributed by atoms with van der Waals surface area (Å²) in [4.78, 5) is 0. The zero-order valence-electron chi connectivity index (χ0n) is 5.85. The normalized spacial score (nSPS) is 45.8. The summed E-state index contributed by atoms with van der Waals surface area (Å²) in [6.07, 6.45) is -1.58. The summed E-state index contributed by atoms with van der Waals surface area (Å²) in [5, 5.41) is 27.1. The molecule has 1 fully saturated rings. The molecule has 3 N–H and O–H groups in total. The zero-order chi connectivity index (χ0) is 8.43. The van der Waals surface area contributed by atoms with Crippen LogP contribution in [-0.2, 0) is 4.74 Å². The maximum atomic E-state index is 9.29. The number of ether oxygens (including phenoxy) is 1. The van der Waals surface area contributed by atoms with E-state index in [1.807, 2.05) is 22.6 Å². The van der Waals surface area contributed by atoms with Crippen molar-refractivity contribution in [2.75, 3.05) is 6.61 Å². The lowest BCUT2D eigenvalue weighted by atomic mass is 10.1. The molecular formula is C6H11IO4. The van der Waals surface area contributed by atoms with Crippen molar-refractivity contribution in [3.8, 4) is 0 Å². The fourth-order valence-corrected chi connectivity index (χ4v) is 1.50. The van der Waals surface area contributed by atoms with Crippen LogP contribution >= 0.6 is 22.6 Å². The summed E-state index contributed by atoms with van der Waals surface area (Å²) < 4.78 is 4.66. The highest BCUT2D eigenvalue weighted by molar-refractivity contribution is 14.1. The molecule has 0 amide bonds. The molecule has 0 aliphatic carbocycles. The standard InChI is InChI=1S/C6H11IO4/c7-5-4(9)1-3(2-8)11-6(5)10/h3-6,8-10H,1-2H2/t3-,4-,5+,6?/m0/s1. The largest absolute Gasteiger partial charge is 0.394 e. The number of hydrogen-bond donors (Lipinski definition) is 3. The quantitative estimate of drug-likeness (QED) is 0.435. The van der Waals surface area contributed by atoms with E-state index in [1.54, 1.807) is 0 Å². The average Bonchev–Trinajstić information content (AvgIpc) is 1.99. The van der Waals surface area contributed by atoms with E-state index in [0.29, 0.717) is 6.42 Å². The third kappa shape index (κ3) is 2.25. The first-order valence-corrected chi connectivity index (χ1v) is 4.66. The molecule has 0 radical (unpaired) electrons. The SMILES string of the molecule is OC[C@@H]1C[C@H](O)[C@@H](I)C(O)O1. The van der Waals surface area contributed by atoms with Gasteiger partial charge in [-0.2, -0.15) is 0 Å². The van der Waals surface area contributed by atoms with Crippen LogP contribution in [0.2, 0.25) is 0 Å². The second kappa shape index (κ2) is 3.99. The summed E-state index contributed by atoms with van der Waals surface area (Å²) in [6.45, 7) is -0.155. The highest BCUT2D eigenvalue weighted by Gasteiger charge is 2.34. The summed E-state index contributed by atoms with van der Waals surface area (Å²) >= 11 is 1.93. The Morgan fingerprint density at radius 2 is 2.09 bits per heavy atom. The highest BCUT2D eigenvalue weighted by Crippen LogP contribution is 2.24. The molecule has 1 unspecified atom stereocenters. The molecule has 11 heavy (non-hydrogen) atoms. The number of halogens is 1. The van der Waals surface area contributed by atoms with Gasteiger partial charge in [0.15, 0.2) is 6.29 Å². The van der Waals surface area contributed by atoms with E-state index in [0.717, 1.165) is 0 Å². The lowest BCUT2D eigenvalue weighted by Crippen LogP contribution is -2.45. The van der Waals surface area contributed by atoms with Gasteiger partial charge in [-0.3, -0.25) is 0 Å². The third-order valence-corrected chi connectivity index (χ3v) is 3.13. The van der Waals surface area contributed by atoms with Gasteiger partial charge < -0.3 is 20.1 Å². The van der Waals surface area contributed by atoms with E-state index in [9.17, 15) is 5.11 Å². The predicted octanol–water partition coefficient (Wildman–Crippen LogP) is -0.750. The minimum atomic E-state index is -0.962. The van der Waals surface area contributed by atoms with Crippen molar-refractivity contribution in [2.45, 2.75) is 28.8 Å². The van der Waals surface area contributed by atoms with Gasteiger partial charge in [0.2, 0.25) is 0 Å². The Hall–Kier alpha value is 0.570. The molecule has 0 spiro atoms. The molecule has 0 aromatic heterocycles. The maximum Gasteiger partial charge on any atom is 0.169 e. The zero-order valence-corrected chi connectivity index (χ0v) is 8.01. The van der Waals surface area contributed by atoms with Crippen molar-refractivity contribution in [2.24, 2.45) is 0 Å². The Morgan fingerprint density at radius 3 is 2.55 bits per heavy atom. The van der Waals surface area contributed by atoms with Gasteiger partial charge in [0.1, 0.15) is 0 Å². The van der Waals surface area contributed by atoms with Crippen LogP contribution in [0.5, 0.6) is 0 Å². The van der Waals surface area contributed by atoms with Crippen LogP contribution in [0.25, 0.3) is 0 Å². The summed E-state index contributed by atoms with van der Waals surface area (Å²) in [6, 6.07) is 0. The van der Waals surface area contributed by atoms with Crippen LogP contribution in [0.15, 0.2) is 0 Å². The van der Waals surface area contributed by atoms with Crippen LogP contribution < -0.4 is 0 Å². The fourth-order valence-electron chi connectivity index (χ4n) is 1.03. The van der Waals surface area contributed by atoms with Crippen molar-refractivity contribution < 1.29 is 20.1 Å². The van der Waals surface area contributed by atoms with Crippen LogP contribution in [0.1, 0.15) is 6.42 Å². The molecule has 4 nitrogen and oxygen atoms in total. The van der Waals surface area contributed by atoms with Gasteiger partial charge in [-0.15, -0.1) is 0 Å². The lowest BCUT2D eigenvalue weighted by molar-refractivity contribution is -0.189. The summed E-state index contributed by atoms with van der Waals surface area (Å²) in [5.41, 5.74) is 0. The van der Waals surface area contributed by atoms with E-state index in [-0.39, 0.29) is 10.5 Å².